The molecule has 2 aliphatic rings. The van der Waals surface area contributed by atoms with Crippen molar-refractivity contribution in [2.45, 2.75) is 125 Å². The number of carbonyl (C=O) groups is 1. The second-order valence-corrected chi connectivity index (χ2v) is 11.6. The van der Waals surface area contributed by atoms with Gasteiger partial charge in [0, 0.05) is 0 Å². The molecule has 260 valence electrons. The summed E-state index contributed by atoms with van der Waals surface area (Å²) in [7, 11) is 0. The second kappa shape index (κ2) is 13.2. The lowest BCUT2D eigenvalue weighted by Crippen LogP contribution is -2.74. The molecular weight excluding hydrogens is 648 g/mol. The molecule has 2 rings (SSSR count). The van der Waals surface area contributed by atoms with Gasteiger partial charge in [-0.25, -0.2) is 8.78 Å². The molecule has 2 fully saturated rings. The predicted octanol–water partition coefficient (Wildman–Crippen LogP) is 10.0. The van der Waals surface area contributed by atoms with E-state index in [-0.39, 0.29) is 18.8 Å². The molecule has 0 saturated heterocycles. The van der Waals surface area contributed by atoms with Crippen molar-refractivity contribution in [2.24, 2.45) is 23.7 Å². The van der Waals surface area contributed by atoms with Gasteiger partial charge in [-0.3, -0.25) is 4.79 Å². The summed E-state index contributed by atoms with van der Waals surface area (Å²) in [5.74, 6) is -56.9. The zero-order valence-electron chi connectivity index (χ0n) is 23.2. The summed E-state index contributed by atoms with van der Waals surface area (Å²) >= 11 is 0. The Hall–Kier alpha value is -1.65. The zero-order chi connectivity index (χ0) is 34.2. The topological polar surface area (TPSA) is 26.3 Å². The monoisotopic (exact) mass is 680 g/mol. The Morgan fingerprint density at radius 3 is 1.48 bits per heavy atom. The van der Waals surface area contributed by atoms with Crippen molar-refractivity contribution < 1.29 is 79.8 Å². The first kappa shape index (κ1) is 38.5. The summed E-state index contributed by atoms with van der Waals surface area (Å²) in [5, 5.41) is 0. The quantitative estimate of drug-likeness (QED) is 0.135. The van der Waals surface area contributed by atoms with Gasteiger partial charge in [-0.15, -0.1) is 0 Å². The summed E-state index contributed by atoms with van der Waals surface area (Å²) in [4.78, 5) is 12.2. The third-order valence-electron chi connectivity index (χ3n) is 8.75. The number of alkyl halides is 16. The average Bonchev–Trinajstić information content (AvgIpc) is 2.94. The number of ether oxygens (including phenoxy) is 1. The van der Waals surface area contributed by atoms with Crippen molar-refractivity contribution in [3.05, 3.63) is 0 Å². The van der Waals surface area contributed by atoms with Crippen molar-refractivity contribution in [1.82, 2.24) is 0 Å². The van der Waals surface area contributed by atoms with Gasteiger partial charge in [-0.2, -0.15) is 61.5 Å². The molecule has 0 spiro atoms. The lowest BCUT2D eigenvalue weighted by molar-refractivity contribution is -0.447. The smallest absolute Gasteiger partial charge is 0.385 e. The minimum Gasteiger partial charge on any atom is -0.459 e. The average molecular weight is 681 g/mol. The Morgan fingerprint density at radius 2 is 1.05 bits per heavy atom. The van der Waals surface area contributed by atoms with E-state index in [1.165, 1.54) is 0 Å². The first-order valence-electron chi connectivity index (χ1n) is 13.9. The van der Waals surface area contributed by atoms with Gasteiger partial charge in [0.25, 0.3) is 0 Å². The van der Waals surface area contributed by atoms with Crippen LogP contribution in [0.4, 0.5) is 70.2 Å². The van der Waals surface area contributed by atoms with Crippen LogP contribution in [0.1, 0.15) is 77.6 Å². The van der Waals surface area contributed by atoms with Crippen LogP contribution in [0.15, 0.2) is 0 Å². The molecule has 0 amide bonds. The predicted molar refractivity (Wildman–Crippen MR) is 122 cm³/mol. The molecule has 2 aliphatic carbocycles. The lowest BCUT2D eigenvalue weighted by Gasteiger charge is -2.42. The SMILES string of the molecule is CCCCC1CCC(C2CCC(C(=O)OCC(F)(F)C(F)(F)C(F)(F)C(F)(F)C(F)(F)C(F)(F)C(F)(F)C(F)F)CC2)CC1. The Balaban J connectivity index is 2.07. The maximum Gasteiger partial charge on any atom is 0.385 e. The third kappa shape index (κ3) is 6.73. The fourth-order valence-corrected chi connectivity index (χ4v) is 5.81. The highest BCUT2D eigenvalue weighted by Gasteiger charge is 2.93. The number of esters is 1. The van der Waals surface area contributed by atoms with Crippen molar-refractivity contribution in [2.75, 3.05) is 6.61 Å². The van der Waals surface area contributed by atoms with Crippen molar-refractivity contribution in [3.8, 4) is 0 Å². The van der Waals surface area contributed by atoms with Crippen LogP contribution in [-0.4, -0.2) is 60.5 Å². The van der Waals surface area contributed by atoms with Crippen LogP contribution in [0.2, 0.25) is 0 Å². The summed E-state index contributed by atoms with van der Waals surface area (Å²) in [6, 6.07) is 0. The normalized spacial score (nSPS) is 25.3. The summed E-state index contributed by atoms with van der Waals surface area (Å²) in [6.45, 7) is -1.03. The molecule has 44 heavy (non-hydrogen) atoms. The Morgan fingerprint density at radius 1 is 0.636 bits per heavy atom. The van der Waals surface area contributed by atoms with E-state index in [1.807, 2.05) is 0 Å². The minimum atomic E-state index is -8.47. The molecule has 0 radical (unpaired) electrons. The molecule has 2 nitrogen and oxygen atoms in total. The van der Waals surface area contributed by atoms with Crippen LogP contribution in [-0.2, 0) is 9.53 Å². The molecule has 2 saturated carbocycles. The van der Waals surface area contributed by atoms with Crippen molar-refractivity contribution in [1.29, 1.82) is 0 Å². The minimum absolute atomic E-state index is 0.00904. The van der Waals surface area contributed by atoms with Crippen LogP contribution in [0, 0.1) is 23.7 Å². The highest BCUT2D eigenvalue weighted by atomic mass is 19.4. The number of hydrogen-bond acceptors (Lipinski definition) is 2. The van der Waals surface area contributed by atoms with E-state index < -0.39 is 66.4 Å². The maximum atomic E-state index is 14.1. The molecule has 0 aromatic heterocycles. The van der Waals surface area contributed by atoms with Gasteiger partial charge in [-0.1, -0.05) is 39.0 Å². The van der Waals surface area contributed by atoms with Gasteiger partial charge in [0.05, 0.1) is 5.92 Å². The van der Waals surface area contributed by atoms with Gasteiger partial charge in [0.2, 0.25) is 0 Å². The molecule has 18 heteroatoms. The fraction of sp³-hybridized carbons (Fsp3) is 0.962. The van der Waals surface area contributed by atoms with Crippen LogP contribution >= 0.6 is 0 Å². The van der Waals surface area contributed by atoms with Gasteiger partial charge in [-0.05, 0) is 56.3 Å². The van der Waals surface area contributed by atoms with E-state index in [4.69, 9.17) is 0 Å². The standard InChI is InChI=1S/C26H32F16O2/c1-2-3-4-14-5-7-15(8-6-14)16-9-11-17(12-10-16)18(43)44-13-20(29,30)22(33,34)24(37,38)26(41,42)25(39,40)23(35,36)21(31,32)19(27)28/h14-17,19H,2-13H2,1H3. The molecule has 0 N–H and O–H groups in total. The fourth-order valence-electron chi connectivity index (χ4n) is 5.81. The summed E-state index contributed by atoms with van der Waals surface area (Å²) < 4.78 is 219. The first-order chi connectivity index (χ1) is 19.8. The number of unbranched alkanes of at least 4 members (excludes halogenated alkanes) is 1. The van der Waals surface area contributed by atoms with Crippen LogP contribution in [0.3, 0.4) is 0 Å². The molecular formula is C26H32F16O2. The molecule has 0 bridgehead atoms. The number of halogens is 16. The first-order valence-corrected chi connectivity index (χ1v) is 13.9. The van der Waals surface area contributed by atoms with Crippen LogP contribution < -0.4 is 0 Å². The van der Waals surface area contributed by atoms with Gasteiger partial charge in [0.1, 0.15) is 0 Å². The zero-order valence-corrected chi connectivity index (χ0v) is 23.2. The van der Waals surface area contributed by atoms with E-state index in [0.29, 0.717) is 24.7 Å². The van der Waals surface area contributed by atoms with Crippen molar-refractivity contribution in [3.63, 3.8) is 0 Å². The van der Waals surface area contributed by atoms with Crippen LogP contribution in [0.25, 0.3) is 0 Å². The van der Waals surface area contributed by atoms with Gasteiger partial charge in [0.15, 0.2) is 6.61 Å². The van der Waals surface area contributed by atoms with Crippen LogP contribution in [0.5, 0.6) is 0 Å². The van der Waals surface area contributed by atoms with E-state index in [2.05, 4.69) is 11.7 Å². The lowest BCUT2D eigenvalue weighted by atomic mass is 9.68. The van der Waals surface area contributed by atoms with Gasteiger partial charge >= 0.3 is 53.9 Å². The largest absolute Gasteiger partial charge is 0.459 e. The Bertz CT molecular complexity index is 952. The molecule has 0 aromatic rings. The highest BCUT2D eigenvalue weighted by molar-refractivity contribution is 5.72. The third-order valence-corrected chi connectivity index (χ3v) is 8.75. The molecule has 0 atom stereocenters. The van der Waals surface area contributed by atoms with E-state index in [1.54, 1.807) is 0 Å². The van der Waals surface area contributed by atoms with Gasteiger partial charge < -0.3 is 4.74 Å². The van der Waals surface area contributed by atoms with Crippen molar-refractivity contribution >= 4 is 5.97 Å². The molecule has 0 aromatic carbocycles. The molecule has 0 aliphatic heterocycles. The second-order valence-electron chi connectivity index (χ2n) is 11.6. The summed E-state index contributed by atoms with van der Waals surface area (Å²) in [6.07, 6.45) is 2.08. The molecule has 0 unspecified atom stereocenters. The highest BCUT2D eigenvalue weighted by Crippen LogP contribution is 2.62. The number of carbonyl (C=O) groups excluding carboxylic acids is 1. The van der Waals surface area contributed by atoms with E-state index in [9.17, 15) is 75.0 Å². The Kier molecular flexibility index (Phi) is 11.6. The number of hydrogen-bond donors (Lipinski definition) is 0. The van der Waals surface area contributed by atoms with E-state index in [0.717, 1.165) is 44.9 Å². The Labute approximate surface area is 242 Å². The molecule has 0 heterocycles. The maximum absolute atomic E-state index is 14.1. The number of rotatable bonds is 14. The van der Waals surface area contributed by atoms with E-state index >= 15 is 0 Å². The summed E-state index contributed by atoms with van der Waals surface area (Å²) in [5.41, 5.74) is 0.